The molecule has 3 heteroatoms. The third kappa shape index (κ3) is 3.46. The molecule has 0 unspecified atom stereocenters. The molecule has 0 aliphatic carbocycles. The number of hydrogen-bond donors (Lipinski definition) is 1. The van der Waals surface area contributed by atoms with Gasteiger partial charge in [0.1, 0.15) is 0 Å². The van der Waals surface area contributed by atoms with Crippen LogP contribution in [0.15, 0.2) is 17.6 Å². The zero-order chi connectivity index (χ0) is 7.94. The molecule has 1 rings (SSSR count). The molecule has 0 fully saturated rings. The number of hydrogen-bond acceptors (Lipinski definition) is 3. The minimum atomic E-state index is 0.990. The van der Waals surface area contributed by atoms with E-state index in [0.29, 0.717) is 0 Å². The second-order valence-electron chi connectivity index (χ2n) is 2.39. The van der Waals surface area contributed by atoms with Gasteiger partial charge in [-0.25, -0.2) is 0 Å². The number of amidine groups is 1. The van der Waals surface area contributed by atoms with Crippen LogP contribution in [0.5, 0.6) is 0 Å². The number of thioether (sulfide) groups is 1. The molecule has 0 bridgehead atoms. The van der Waals surface area contributed by atoms with E-state index in [2.05, 4.69) is 16.9 Å². The fourth-order valence-electron chi connectivity index (χ4n) is 0.846. The van der Waals surface area contributed by atoms with Gasteiger partial charge in [-0.15, -0.1) is 6.58 Å². The second-order valence-corrected chi connectivity index (χ2v) is 3.48. The summed E-state index contributed by atoms with van der Waals surface area (Å²) in [6.07, 6.45) is 4.17. The number of nitrogens with one attached hydrogen (secondary N) is 1. The molecule has 1 heterocycles. The zero-order valence-corrected chi connectivity index (χ0v) is 7.49. The van der Waals surface area contributed by atoms with Crippen molar-refractivity contribution in [2.75, 3.05) is 18.8 Å². The van der Waals surface area contributed by atoms with Crippen molar-refractivity contribution in [3.8, 4) is 0 Å². The van der Waals surface area contributed by atoms with Crippen molar-refractivity contribution in [3.63, 3.8) is 0 Å². The lowest BCUT2D eigenvalue weighted by atomic mass is 10.4. The Morgan fingerprint density at radius 3 is 3.27 bits per heavy atom. The van der Waals surface area contributed by atoms with Gasteiger partial charge in [0.2, 0.25) is 0 Å². The molecule has 0 amide bonds. The molecular weight excluding hydrogens is 156 g/mol. The van der Waals surface area contributed by atoms with Crippen LogP contribution in [0.2, 0.25) is 0 Å². The summed E-state index contributed by atoms with van der Waals surface area (Å²) in [5.41, 5.74) is 0. The first kappa shape index (κ1) is 8.65. The lowest BCUT2D eigenvalue weighted by molar-refractivity contribution is 0.751. The van der Waals surface area contributed by atoms with Crippen molar-refractivity contribution in [3.05, 3.63) is 12.7 Å². The van der Waals surface area contributed by atoms with Gasteiger partial charge in [0, 0.05) is 18.8 Å². The Morgan fingerprint density at radius 2 is 2.64 bits per heavy atom. The smallest absolute Gasteiger partial charge is 0.156 e. The maximum absolute atomic E-state index is 4.34. The topological polar surface area (TPSA) is 24.4 Å². The molecule has 1 aliphatic heterocycles. The van der Waals surface area contributed by atoms with Gasteiger partial charge in [-0.2, -0.15) is 0 Å². The Bertz CT molecular complexity index is 154. The number of nitrogens with zero attached hydrogens (tertiary/aromatic N) is 1. The van der Waals surface area contributed by atoms with E-state index in [1.807, 2.05) is 6.08 Å². The highest BCUT2D eigenvalue weighted by atomic mass is 32.2. The highest BCUT2D eigenvalue weighted by molar-refractivity contribution is 8.13. The van der Waals surface area contributed by atoms with Crippen LogP contribution in [-0.2, 0) is 0 Å². The Labute approximate surface area is 72.2 Å². The van der Waals surface area contributed by atoms with E-state index in [9.17, 15) is 0 Å². The quantitative estimate of drug-likeness (QED) is 0.514. The molecule has 0 atom stereocenters. The number of rotatable bonds is 3. The monoisotopic (exact) mass is 170 g/mol. The van der Waals surface area contributed by atoms with E-state index >= 15 is 0 Å². The molecule has 1 N–H and O–H groups in total. The summed E-state index contributed by atoms with van der Waals surface area (Å²) in [7, 11) is 0. The van der Waals surface area contributed by atoms with Crippen molar-refractivity contribution in [2.24, 2.45) is 4.99 Å². The minimum absolute atomic E-state index is 0.990. The van der Waals surface area contributed by atoms with Gasteiger partial charge in [-0.05, 0) is 12.8 Å². The Balaban J connectivity index is 2.14. The average molecular weight is 170 g/mol. The number of aliphatic imine (C=N–C) groups is 1. The Hall–Kier alpha value is -0.440. The molecule has 0 saturated heterocycles. The van der Waals surface area contributed by atoms with Crippen molar-refractivity contribution >= 4 is 16.9 Å². The van der Waals surface area contributed by atoms with Crippen LogP contribution < -0.4 is 5.32 Å². The summed E-state index contributed by atoms with van der Waals surface area (Å²) in [6, 6.07) is 0. The van der Waals surface area contributed by atoms with Crippen molar-refractivity contribution < 1.29 is 0 Å². The average Bonchev–Trinajstić information content (AvgIpc) is 2.07. The van der Waals surface area contributed by atoms with Crippen LogP contribution in [0.3, 0.4) is 0 Å². The zero-order valence-electron chi connectivity index (χ0n) is 6.68. The molecular formula is C8H14N2S. The molecule has 0 saturated carbocycles. The van der Waals surface area contributed by atoms with Gasteiger partial charge >= 0.3 is 0 Å². The summed E-state index contributed by atoms with van der Waals surface area (Å²) >= 11 is 1.79. The van der Waals surface area contributed by atoms with Crippen LogP contribution >= 0.6 is 11.8 Å². The van der Waals surface area contributed by atoms with Gasteiger partial charge in [0.15, 0.2) is 5.17 Å². The molecule has 0 spiro atoms. The normalized spacial score (nSPS) is 16.9. The van der Waals surface area contributed by atoms with Crippen LogP contribution in [0.25, 0.3) is 0 Å². The lowest BCUT2D eigenvalue weighted by Gasteiger charge is -2.12. The molecule has 0 aromatic rings. The maximum Gasteiger partial charge on any atom is 0.156 e. The van der Waals surface area contributed by atoms with E-state index in [1.54, 1.807) is 11.8 Å². The fourth-order valence-corrected chi connectivity index (χ4v) is 1.71. The molecule has 0 radical (unpaired) electrons. The summed E-state index contributed by atoms with van der Waals surface area (Å²) in [5, 5.41) is 4.37. The Morgan fingerprint density at radius 1 is 1.73 bits per heavy atom. The second kappa shape index (κ2) is 5.24. The molecule has 1 aliphatic rings. The first-order valence-electron chi connectivity index (χ1n) is 3.95. The van der Waals surface area contributed by atoms with Gasteiger partial charge in [-0.1, -0.05) is 17.8 Å². The predicted octanol–water partition coefficient (Wildman–Crippen LogP) is 1.64. The van der Waals surface area contributed by atoms with Gasteiger partial charge in [0.05, 0.1) is 0 Å². The minimum Gasteiger partial charge on any atom is -0.365 e. The number of allylic oxidation sites excluding steroid dienone is 1. The highest BCUT2D eigenvalue weighted by Gasteiger charge is 2.02. The summed E-state index contributed by atoms with van der Waals surface area (Å²) < 4.78 is 0. The molecule has 2 nitrogen and oxygen atoms in total. The maximum atomic E-state index is 4.34. The van der Waals surface area contributed by atoms with Crippen LogP contribution in [0.1, 0.15) is 12.8 Å². The van der Waals surface area contributed by atoms with Gasteiger partial charge in [-0.3, -0.25) is 4.99 Å². The van der Waals surface area contributed by atoms with Crippen LogP contribution in [0.4, 0.5) is 0 Å². The first-order valence-corrected chi connectivity index (χ1v) is 4.94. The third-order valence-corrected chi connectivity index (χ3v) is 2.41. The molecule has 11 heavy (non-hydrogen) atoms. The van der Waals surface area contributed by atoms with E-state index in [-0.39, 0.29) is 0 Å². The van der Waals surface area contributed by atoms with Gasteiger partial charge < -0.3 is 5.32 Å². The predicted molar refractivity (Wildman–Crippen MR) is 52.2 cm³/mol. The van der Waals surface area contributed by atoms with Crippen molar-refractivity contribution in [1.82, 2.24) is 5.32 Å². The molecule has 0 aromatic heterocycles. The third-order valence-electron chi connectivity index (χ3n) is 1.43. The lowest BCUT2D eigenvalue weighted by Crippen LogP contribution is -2.26. The fraction of sp³-hybridized carbons (Fsp3) is 0.625. The van der Waals surface area contributed by atoms with Crippen LogP contribution in [0, 0.1) is 0 Å². The highest BCUT2D eigenvalue weighted by Crippen LogP contribution is 2.06. The SMILES string of the molecule is C=CCCSC1=NCCCN1. The van der Waals surface area contributed by atoms with Crippen LogP contribution in [-0.4, -0.2) is 24.0 Å². The van der Waals surface area contributed by atoms with Crippen molar-refractivity contribution in [2.45, 2.75) is 12.8 Å². The van der Waals surface area contributed by atoms with E-state index < -0.39 is 0 Å². The van der Waals surface area contributed by atoms with E-state index in [0.717, 1.165) is 30.4 Å². The summed E-state index contributed by atoms with van der Waals surface area (Å²) in [6.45, 7) is 5.74. The van der Waals surface area contributed by atoms with E-state index in [1.165, 1.54) is 6.42 Å². The molecule has 62 valence electrons. The largest absolute Gasteiger partial charge is 0.365 e. The standard InChI is InChI=1S/C8H14N2S/c1-2-3-7-11-8-9-5-4-6-10-8/h2H,1,3-7H2,(H,9,10). The van der Waals surface area contributed by atoms with Crippen molar-refractivity contribution in [1.29, 1.82) is 0 Å². The summed E-state index contributed by atoms with van der Waals surface area (Å²) in [5.74, 6) is 1.09. The first-order chi connectivity index (χ1) is 5.43. The van der Waals surface area contributed by atoms with Gasteiger partial charge in [0.25, 0.3) is 0 Å². The summed E-state index contributed by atoms with van der Waals surface area (Å²) in [4.78, 5) is 4.34. The molecule has 0 aromatic carbocycles. The van der Waals surface area contributed by atoms with E-state index in [4.69, 9.17) is 0 Å². The Kier molecular flexibility index (Phi) is 4.12.